The van der Waals surface area contributed by atoms with Crippen molar-refractivity contribution in [3.05, 3.63) is 0 Å². The molecule has 0 spiro atoms. The molecule has 0 aliphatic heterocycles. The zero-order valence-electron chi connectivity index (χ0n) is 15.1. The Hall–Kier alpha value is -0.0800. The van der Waals surface area contributed by atoms with Crippen molar-refractivity contribution in [1.82, 2.24) is 10.2 Å². The van der Waals surface area contributed by atoms with Crippen molar-refractivity contribution in [2.24, 2.45) is 16.7 Å². The average Bonchev–Trinajstić information content (AvgIpc) is 2.23. The summed E-state index contributed by atoms with van der Waals surface area (Å²) >= 11 is 0. The van der Waals surface area contributed by atoms with Crippen LogP contribution < -0.4 is 5.32 Å². The van der Waals surface area contributed by atoms with Crippen molar-refractivity contribution in [2.45, 2.75) is 73.3 Å². The fraction of sp³-hybridized carbons (Fsp3) is 1.00. The summed E-state index contributed by atoms with van der Waals surface area (Å²) in [7, 11) is 2.31. The highest BCUT2D eigenvalue weighted by atomic mass is 15.1. The van der Waals surface area contributed by atoms with Gasteiger partial charge in [0, 0.05) is 25.7 Å². The van der Waals surface area contributed by atoms with E-state index < -0.39 is 0 Å². The number of hydrogen-bond acceptors (Lipinski definition) is 2. The SMILES string of the molecule is CC1CCCC(CNC(C)C)(CN(C)CC(C)(C)C)C1. The number of nitrogens with one attached hydrogen (secondary N) is 1. The topological polar surface area (TPSA) is 15.3 Å². The highest BCUT2D eigenvalue weighted by Crippen LogP contribution is 2.39. The Labute approximate surface area is 127 Å². The lowest BCUT2D eigenvalue weighted by Crippen LogP contribution is -2.48. The lowest BCUT2D eigenvalue weighted by molar-refractivity contribution is 0.0754. The normalized spacial score (nSPS) is 28.4. The lowest BCUT2D eigenvalue weighted by Gasteiger charge is -2.44. The van der Waals surface area contributed by atoms with Crippen LogP contribution in [-0.2, 0) is 0 Å². The van der Waals surface area contributed by atoms with E-state index in [2.05, 4.69) is 58.8 Å². The first-order valence-corrected chi connectivity index (χ1v) is 8.54. The molecule has 1 aliphatic rings. The van der Waals surface area contributed by atoms with Crippen LogP contribution in [0.15, 0.2) is 0 Å². The van der Waals surface area contributed by atoms with Crippen molar-refractivity contribution in [1.29, 1.82) is 0 Å². The maximum absolute atomic E-state index is 3.72. The van der Waals surface area contributed by atoms with Crippen LogP contribution in [0.25, 0.3) is 0 Å². The monoisotopic (exact) mass is 282 g/mol. The molecule has 2 nitrogen and oxygen atoms in total. The first-order chi connectivity index (χ1) is 9.12. The largest absolute Gasteiger partial charge is 0.314 e. The summed E-state index contributed by atoms with van der Waals surface area (Å²) in [6, 6.07) is 0.594. The predicted molar refractivity (Wildman–Crippen MR) is 90.2 cm³/mol. The molecule has 2 unspecified atom stereocenters. The molecular weight excluding hydrogens is 244 g/mol. The summed E-state index contributed by atoms with van der Waals surface area (Å²) in [5, 5.41) is 3.72. The van der Waals surface area contributed by atoms with Crippen molar-refractivity contribution in [3.8, 4) is 0 Å². The minimum absolute atomic E-state index is 0.391. The van der Waals surface area contributed by atoms with E-state index in [0.29, 0.717) is 16.9 Å². The van der Waals surface area contributed by atoms with E-state index in [0.717, 1.165) is 5.92 Å². The molecule has 1 fully saturated rings. The molecule has 0 aromatic rings. The maximum Gasteiger partial charge on any atom is 0.00474 e. The van der Waals surface area contributed by atoms with Gasteiger partial charge in [0.1, 0.15) is 0 Å². The Balaban J connectivity index is 2.66. The second kappa shape index (κ2) is 7.26. The molecule has 0 aromatic carbocycles. The molecule has 1 aliphatic carbocycles. The number of nitrogens with zero attached hydrogens (tertiary/aromatic N) is 1. The van der Waals surface area contributed by atoms with E-state index in [9.17, 15) is 0 Å². The van der Waals surface area contributed by atoms with Gasteiger partial charge in [-0.25, -0.2) is 0 Å². The van der Waals surface area contributed by atoms with E-state index in [1.54, 1.807) is 0 Å². The molecular formula is C18H38N2. The van der Waals surface area contributed by atoms with Gasteiger partial charge in [0.15, 0.2) is 0 Å². The fourth-order valence-electron chi connectivity index (χ4n) is 3.99. The predicted octanol–water partition coefficient (Wildman–Crippen LogP) is 4.16. The molecule has 0 radical (unpaired) electrons. The molecule has 0 saturated heterocycles. The van der Waals surface area contributed by atoms with Crippen LogP contribution in [0.1, 0.15) is 67.2 Å². The molecule has 1 rings (SSSR count). The van der Waals surface area contributed by atoms with E-state index >= 15 is 0 Å². The second-order valence-electron chi connectivity index (χ2n) is 8.97. The van der Waals surface area contributed by atoms with Crippen LogP contribution in [0.3, 0.4) is 0 Å². The third kappa shape index (κ3) is 6.58. The molecule has 0 amide bonds. The van der Waals surface area contributed by atoms with Crippen LogP contribution >= 0.6 is 0 Å². The average molecular weight is 283 g/mol. The summed E-state index contributed by atoms with van der Waals surface area (Å²) in [5.41, 5.74) is 0.879. The fourth-order valence-corrected chi connectivity index (χ4v) is 3.99. The zero-order valence-corrected chi connectivity index (χ0v) is 15.1. The summed E-state index contributed by atoms with van der Waals surface area (Å²) in [6.45, 7) is 17.6. The minimum atomic E-state index is 0.391. The third-order valence-corrected chi connectivity index (χ3v) is 4.42. The van der Waals surface area contributed by atoms with Crippen LogP contribution in [0.4, 0.5) is 0 Å². The van der Waals surface area contributed by atoms with Gasteiger partial charge in [-0.15, -0.1) is 0 Å². The molecule has 1 saturated carbocycles. The Kier molecular flexibility index (Phi) is 6.53. The van der Waals surface area contributed by atoms with Crippen molar-refractivity contribution in [2.75, 3.05) is 26.7 Å². The van der Waals surface area contributed by atoms with E-state index in [4.69, 9.17) is 0 Å². The summed E-state index contributed by atoms with van der Waals surface area (Å²) in [4.78, 5) is 2.57. The molecule has 2 heteroatoms. The molecule has 0 aromatic heterocycles. The van der Waals surface area contributed by atoms with Gasteiger partial charge in [0.25, 0.3) is 0 Å². The number of hydrogen-bond donors (Lipinski definition) is 1. The summed E-state index contributed by atoms with van der Waals surface area (Å²) in [6.07, 6.45) is 5.61. The van der Waals surface area contributed by atoms with E-state index in [-0.39, 0.29) is 0 Å². The van der Waals surface area contributed by atoms with E-state index in [1.807, 2.05) is 0 Å². The van der Waals surface area contributed by atoms with Crippen molar-refractivity contribution in [3.63, 3.8) is 0 Å². The molecule has 2 atom stereocenters. The summed E-state index contributed by atoms with van der Waals surface area (Å²) in [5.74, 6) is 0.890. The van der Waals surface area contributed by atoms with Gasteiger partial charge in [0.2, 0.25) is 0 Å². The van der Waals surface area contributed by atoms with Gasteiger partial charge >= 0.3 is 0 Å². The molecule has 0 heterocycles. The molecule has 1 N–H and O–H groups in total. The van der Waals surface area contributed by atoms with Crippen LogP contribution in [0.5, 0.6) is 0 Å². The summed E-state index contributed by atoms with van der Waals surface area (Å²) < 4.78 is 0. The second-order valence-corrected chi connectivity index (χ2v) is 8.97. The van der Waals surface area contributed by atoms with Gasteiger partial charge in [-0.2, -0.15) is 0 Å². The lowest BCUT2D eigenvalue weighted by atomic mass is 9.69. The van der Waals surface area contributed by atoms with Gasteiger partial charge < -0.3 is 10.2 Å². The third-order valence-electron chi connectivity index (χ3n) is 4.42. The Morgan fingerprint density at radius 2 is 1.95 bits per heavy atom. The highest BCUT2D eigenvalue weighted by Gasteiger charge is 2.36. The van der Waals surface area contributed by atoms with Crippen LogP contribution in [0, 0.1) is 16.7 Å². The Bertz CT molecular complexity index is 280. The Morgan fingerprint density at radius 1 is 1.30 bits per heavy atom. The molecule has 120 valence electrons. The zero-order chi connectivity index (χ0) is 15.4. The van der Waals surface area contributed by atoms with Crippen molar-refractivity contribution >= 4 is 0 Å². The highest BCUT2D eigenvalue weighted by molar-refractivity contribution is 4.90. The number of rotatable bonds is 6. The first-order valence-electron chi connectivity index (χ1n) is 8.54. The molecule has 0 bridgehead atoms. The first kappa shape index (κ1) is 18.0. The molecule has 20 heavy (non-hydrogen) atoms. The van der Waals surface area contributed by atoms with Gasteiger partial charge in [-0.3, -0.25) is 0 Å². The van der Waals surface area contributed by atoms with Gasteiger partial charge in [-0.1, -0.05) is 54.4 Å². The van der Waals surface area contributed by atoms with Gasteiger partial charge in [-0.05, 0) is 36.6 Å². The maximum atomic E-state index is 3.72. The van der Waals surface area contributed by atoms with Gasteiger partial charge in [0.05, 0.1) is 0 Å². The standard InChI is InChI=1S/C18H38N2/c1-15(2)19-12-18(10-8-9-16(3)11-18)14-20(7)13-17(4,5)6/h15-16,19H,8-14H2,1-7H3. The smallest absolute Gasteiger partial charge is 0.00474 e. The minimum Gasteiger partial charge on any atom is -0.314 e. The van der Waals surface area contributed by atoms with Crippen LogP contribution in [0.2, 0.25) is 0 Å². The van der Waals surface area contributed by atoms with Crippen molar-refractivity contribution < 1.29 is 0 Å². The van der Waals surface area contributed by atoms with Crippen LogP contribution in [-0.4, -0.2) is 37.6 Å². The van der Waals surface area contributed by atoms with E-state index in [1.165, 1.54) is 45.3 Å². The quantitative estimate of drug-likeness (QED) is 0.787. The Morgan fingerprint density at radius 3 is 2.45 bits per heavy atom.